The smallest absolute Gasteiger partial charge is 0.0554 e. The molecule has 0 aromatic heterocycles. The van der Waals surface area contributed by atoms with Crippen LogP contribution in [-0.2, 0) is 0 Å². The Balaban J connectivity index is 2.44. The molecule has 1 heterocycles. The normalized spacial score (nSPS) is 36.9. The van der Waals surface area contributed by atoms with Gasteiger partial charge in [-0.05, 0) is 12.3 Å². The Hall–Kier alpha value is -0.340. The van der Waals surface area contributed by atoms with Crippen molar-refractivity contribution in [2.75, 3.05) is 6.54 Å². The van der Waals surface area contributed by atoms with Gasteiger partial charge in [-0.3, -0.25) is 5.32 Å². The number of hydrogen-bond donors (Lipinski definition) is 2. The van der Waals surface area contributed by atoms with Crippen molar-refractivity contribution in [1.29, 1.82) is 0 Å². The van der Waals surface area contributed by atoms with Gasteiger partial charge in [0.2, 0.25) is 0 Å². The summed E-state index contributed by atoms with van der Waals surface area (Å²) in [5.41, 5.74) is 6.91. The third-order valence-electron chi connectivity index (χ3n) is 1.90. The molecule has 0 spiro atoms. The summed E-state index contributed by atoms with van der Waals surface area (Å²) in [6.45, 7) is 6.97. The first-order valence-corrected chi connectivity index (χ1v) is 3.37. The molecule has 2 atom stereocenters. The molecule has 1 aliphatic heterocycles. The fourth-order valence-electron chi connectivity index (χ4n) is 1.07. The lowest BCUT2D eigenvalue weighted by Gasteiger charge is -2.27. The van der Waals surface area contributed by atoms with E-state index in [-0.39, 0.29) is 6.17 Å². The molecule has 2 nitrogen and oxygen atoms in total. The van der Waals surface area contributed by atoms with Gasteiger partial charge in [0.1, 0.15) is 0 Å². The Labute approximate surface area is 56.1 Å². The molecule has 1 saturated heterocycles. The maximum Gasteiger partial charge on any atom is 0.0554 e. The molecule has 0 aromatic rings. The molecule has 2 unspecified atom stereocenters. The van der Waals surface area contributed by atoms with Gasteiger partial charge in [-0.15, -0.1) is 0 Å². The zero-order valence-corrected chi connectivity index (χ0v) is 5.85. The summed E-state index contributed by atoms with van der Waals surface area (Å²) in [6.07, 6.45) is 1.21. The summed E-state index contributed by atoms with van der Waals surface area (Å²) in [5, 5.41) is 3.14. The lowest BCUT2D eigenvalue weighted by atomic mass is 9.94. The van der Waals surface area contributed by atoms with Gasteiger partial charge in [0, 0.05) is 6.54 Å². The van der Waals surface area contributed by atoms with Gasteiger partial charge in [-0.2, -0.15) is 0 Å². The van der Waals surface area contributed by atoms with Crippen molar-refractivity contribution >= 4 is 0 Å². The highest BCUT2D eigenvalue weighted by Gasteiger charge is 2.16. The number of rotatable bonds is 0. The zero-order chi connectivity index (χ0) is 6.85. The molecule has 0 saturated carbocycles. The summed E-state index contributed by atoms with van der Waals surface area (Å²) in [4.78, 5) is 0. The Kier molecular flexibility index (Phi) is 1.88. The largest absolute Gasteiger partial charge is 0.316 e. The lowest BCUT2D eigenvalue weighted by molar-refractivity contribution is 0.397. The summed E-state index contributed by atoms with van der Waals surface area (Å²) >= 11 is 0. The minimum atomic E-state index is 0.186. The van der Waals surface area contributed by atoms with Crippen molar-refractivity contribution < 1.29 is 0 Å². The highest BCUT2D eigenvalue weighted by atomic mass is 15.0. The van der Waals surface area contributed by atoms with Crippen LogP contribution in [0.25, 0.3) is 0 Å². The van der Waals surface area contributed by atoms with Crippen molar-refractivity contribution in [2.45, 2.75) is 19.5 Å². The topological polar surface area (TPSA) is 38.0 Å². The van der Waals surface area contributed by atoms with Gasteiger partial charge in [0.25, 0.3) is 0 Å². The second kappa shape index (κ2) is 2.50. The van der Waals surface area contributed by atoms with E-state index in [1.807, 2.05) is 0 Å². The van der Waals surface area contributed by atoms with Crippen molar-refractivity contribution in [3.63, 3.8) is 0 Å². The SMILES string of the molecule is C=C1CNC(N)CC1C. The number of nitrogens with one attached hydrogen (secondary N) is 1. The molecule has 1 fully saturated rings. The maximum absolute atomic E-state index is 5.64. The number of nitrogens with two attached hydrogens (primary N) is 1. The number of piperidine rings is 1. The van der Waals surface area contributed by atoms with Gasteiger partial charge in [-0.25, -0.2) is 0 Å². The van der Waals surface area contributed by atoms with Crippen molar-refractivity contribution in [2.24, 2.45) is 11.7 Å². The van der Waals surface area contributed by atoms with E-state index in [2.05, 4.69) is 18.8 Å². The quantitative estimate of drug-likeness (QED) is 0.463. The summed E-state index contributed by atoms with van der Waals surface area (Å²) < 4.78 is 0. The van der Waals surface area contributed by atoms with E-state index in [9.17, 15) is 0 Å². The second-order valence-corrected chi connectivity index (χ2v) is 2.78. The number of hydrogen-bond acceptors (Lipinski definition) is 2. The first kappa shape index (κ1) is 6.78. The average molecular weight is 126 g/mol. The van der Waals surface area contributed by atoms with Crippen LogP contribution in [-0.4, -0.2) is 12.7 Å². The molecule has 52 valence electrons. The third kappa shape index (κ3) is 1.53. The van der Waals surface area contributed by atoms with Crippen LogP contribution in [0.4, 0.5) is 0 Å². The van der Waals surface area contributed by atoms with Crippen LogP contribution >= 0.6 is 0 Å². The Bertz CT molecular complexity index is 120. The van der Waals surface area contributed by atoms with Gasteiger partial charge in [0.15, 0.2) is 0 Å². The van der Waals surface area contributed by atoms with Crippen LogP contribution in [0, 0.1) is 5.92 Å². The minimum Gasteiger partial charge on any atom is -0.316 e. The molecule has 9 heavy (non-hydrogen) atoms. The molecule has 1 rings (SSSR count). The van der Waals surface area contributed by atoms with E-state index in [4.69, 9.17) is 5.73 Å². The predicted octanol–water partition coefficient (Wildman–Crippen LogP) is 0.457. The van der Waals surface area contributed by atoms with Crippen LogP contribution in [0.1, 0.15) is 13.3 Å². The van der Waals surface area contributed by atoms with Gasteiger partial charge in [-0.1, -0.05) is 19.1 Å². The highest BCUT2D eigenvalue weighted by Crippen LogP contribution is 2.16. The zero-order valence-electron chi connectivity index (χ0n) is 5.85. The summed E-state index contributed by atoms with van der Waals surface area (Å²) in [5.74, 6) is 0.598. The molecular formula is C7H14N2. The molecule has 2 heteroatoms. The van der Waals surface area contributed by atoms with E-state index < -0.39 is 0 Å². The Morgan fingerprint density at radius 2 is 2.44 bits per heavy atom. The Morgan fingerprint density at radius 1 is 1.78 bits per heavy atom. The van der Waals surface area contributed by atoms with E-state index in [0.717, 1.165) is 13.0 Å². The van der Waals surface area contributed by atoms with Crippen LogP contribution < -0.4 is 11.1 Å². The average Bonchev–Trinajstić information content (AvgIpc) is 1.80. The lowest BCUT2D eigenvalue weighted by Crippen LogP contribution is -2.44. The van der Waals surface area contributed by atoms with Gasteiger partial charge >= 0.3 is 0 Å². The molecule has 0 aromatic carbocycles. The fourth-order valence-corrected chi connectivity index (χ4v) is 1.07. The predicted molar refractivity (Wildman–Crippen MR) is 38.9 cm³/mol. The fraction of sp³-hybridized carbons (Fsp3) is 0.714. The third-order valence-corrected chi connectivity index (χ3v) is 1.90. The van der Waals surface area contributed by atoms with E-state index in [0.29, 0.717) is 5.92 Å². The van der Waals surface area contributed by atoms with E-state index >= 15 is 0 Å². The molecule has 3 N–H and O–H groups in total. The molecule has 0 amide bonds. The van der Waals surface area contributed by atoms with Crippen LogP contribution in [0.15, 0.2) is 12.2 Å². The van der Waals surface area contributed by atoms with E-state index in [1.54, 1.807) is 0 Å². The molecule has 0 bridgehead atoms. The Morgan fingerprint density at radius 3 is 2.89 bits per heavy atom. The minimum absolute atomic E-state index is 0.186. The summed E-state index contributed by atoms with van der Waals surface area (Å²) in [6, 6.07) is 0. The van der Waals surface area contributed by atoms with Gasteiger partial charge in [0.05, 0.1) is 6.17 Å². The van der Waals surface area contributed by atoms with Crippen molar-refractivity contribution in [3.05, 3.63) is 12.2 Å². The maximum atomic E-state index is 5.64. The van der Waals surface area contributed by atoms with Crippen LogP contribution in [0.5, 0.6) is 0 Å². The van der Waals surface area contributed by atoms with Crippen molar-refractivity contribution in [1.82, 2.24) is 5.32 Å². The summed E-state index contributed by atoms with van der Waals surface area (Å²) in [7, 11) is 0. The monoisotopic (exact) mass is 126 g/mol. The first-order valence-electron chi connectivity index (χ1n) is 3.37. The highest BCUT2D eigenvalue weighted by molar-refractivity contribution is 5.05. The first-order chi connectivity index (χ1) is 4.20. The van der Waals surface area contributed by atoms with E-state index in [1.165, 1.54) is 5.57 Å². The van der Waals surface area contributed by atoms with Crippen molar-refractivity contribution in [3.8, 4) is 0 Å². The van der Waals surface area contributed by atoms with Gasteiger partial charge < -0.3 is 5.73 Å². The molecule has 0 radical (unpaired) electrons. The molecule has 1 aliphatic rings. The second-order valence-electron chi connectivity index (χ2n) is 2.78. The van der Waals surface area contributed by atoms with Crippen LogP contribution in [0.3, 0.4) is 0 Å². The standard InChI is InChI=1S/C7H14N2/c1-5-3-7(8)9-4-6(5)2/h5,7,9H,2-4,8H2,1H3. The molecule has 0 aliphatic carbocycles. The van der Waals surface area contributed by atoms with Crippen LogP contribution in [0.2, 0.25) is 0 Å². The molecular weight excluding hydrogens is 112 g/mol.